The molecule has 3 N–H and O–H groups in total. The molecule has 5 rings (SSSR count). The molecule has 1 aromatic rings. The van der Waals surface area contributed by atoms with Crippen molar-refractivity contribution in [2.45, 2.75) is 63.9 Å². The van der Waals surface area contributed by atoms with Gasteiger partial charge in [-0.3, -0.25) is 4.79 Å². The van der Waals surface area contributed by atoms with Gasteiger partial charge in [0.2, 0.25) is 0 Å². The first kappa shape index (κ1) is 17.2. The number of benzene rings is 1. The molecule has 142 valence electrons. The number of carbonyl (C=O) groups excluding carboxylic acids is 1. The molecule has 0 bridgehead atoms. The Morgan fingerprint density at radius 3 is 2.63 bits per heavy atom. The fourth-order valence-electron chi connectivity index (χ4n) is 6.66. The van der Waals surface area contributed by atoms with E-state index >= 15 is 0 Å². The van der Waals surface area contributed by atoms with Gasteiger partial charge in [-0.2, -0.15) is 0 Å². The summed E-state index contributed by atoms with van der Waals surface area (Å²) in [4.78, 5) is 12.0. The number of carbonyl (C=O) groups is 1. The third kappa shape index (κ3) is 2.55. The lowest BCUT2D eigenvalue weighted by Gasteiger charge is -2.52. The molecule has 5 atom stereocenters. The Labute approximate surface area is 161 Å². The Morgan fingerprint density at radius 1 is 1.07 bits per heavy atom. The van der Waals surface area contributed by atoms with E-state index in [1.807, 2.05) is 18.2 Å². The maximum Gasteiger partial charge on any atom is 0.156 e. The Hall–Kier alpha value is -1.87. The van der Waals surface area contributed by atoms with Gasteiger partial charge < -0.3 is 10.8 Å². The summed E-state index contributed by atoms with van der Waals surface area (Å²) in [6, 6.07) is 8.33. The molecule has 0 spiro atoms. The number of aliphatic hydroxyl groups is 1. The molecule has 0 saturated heterocycles. The summed E-state index contributed by atoms with van der Waals surface area (Å²) in [6.07, 6.45) is 8.46. The van der Waals surface area contributed by atoms with Crippen molar-refractivity contribution in [3.8, 4) is 0 Å². The monoisotopic (exact) mass is 363 g/mol. The van der Waals surface area contributed by atoms with Crippen molar-refractivity contribution in [2.24, 2.45) is 17.3 Å². The molecule has 4 aliphatic rings. The summed E-state index contributed by atoms with van der Waals surface area (Å²) in [6.45, 7) is 2.32. The molecule has 4 aliphatic carbocycles. The molecule has 0 amide bonds. The molecule has 3 heteroatoms. The molecule has 27 heavy (non-hydrogen) atoms. The number of allylic oxidation sites excluding steroid dienone is 4. The number of aliphatic hydroxyl groups excluding tert-OH is 1. The van der Waals surface area contributed by atoms with Gasteiger partial charge in [-0.1, -0.05) is 24.6 Å². The zero-order valence-corrected chi connectivity index (χ0v) is 16.1. The molecule has 0 radical (unpaired) electrons. The lowest BCUT2D eigenvalue weighted by Crippen LogP contribution is -2.45. The van der Waals surface area contributed by atoms with Crippen LogP contribution in [0.4, 0.5) is 5.69 Å². The Balaban J connectivity index is 1.68. The molecule has 0 heterocycles. The molecule has 2 fully saturated rings. The van der Waals surface area contributed by atoms with E-state index in [0.717, 1.165) is 44.2 Å². The van der Waals surface area contributed by atoms with Gasteiger partial charge in [-0.25, -0.2) is 0 Å². The van der Waals surface area contributed by atoms with Crippen LogP contribution in [0.1, 0.15) is 63.4 Å². The number of nitrogen functional groups attached to an aromatic ring is 1. The predicted octanol–water partition coefficient (Wildman–Crippen LogP) is 4.53. The highest BCUT2D eigenvalue weighted by Gasteiger charge is 2.56. The second kappa shape index (κ2) is 6.07. The van der Waals surface area contributed by atoms with Gasteiger partial charge in [-0.05, 0) is 90.7 Å². The largest absolute Gasteiger partial charge is 0.399 e. The summed E-state index contributed by atoms with van der Waals surface area (Å²) in [7, 11) is 0. The van der Waals surface area contributed by atoms with E-state index in [-0.39, 0.29) is 17.3 Å². The molecule has 1 aromatic carbocycles. The van der Waals surface area contributed by atoms with Gasteiger partial charge >= 0.3 is 0 Å². The molecule has 2 unspecified atom stereocenters. The van der Waals surface area contributed by atoms with Crippen LogP contribution in [0.25, 0.3) is 0 Å². The zero-order valence-electron chi connectivity index (χ0n) is 16.1. The number of rotatable bonds is 1. The van der Waals surface area contributed by atoms with Crippen molar-refractivity contribution in [1.82, 2.24) is 0 Å². The number of hydrogen-bond donors (Lipinski definition) is 2. The van der Waals surface area contributed by atoms with Crippen LogP contribution < -0.4 is 5.73 Å². The maximum atomic E-state index is 12.0. The molecule has 0 aliphatic heterocycles. The lowest BCUT2D eigenvalue weighted by atomic mass is 9.53. The van der Waals surface area contributed by atoms with Crippen LogP contribution in [0.2, 0.25) is 0 Å². The molecule has 0 aromatic heterocycles. The molecule has 3 nitrogen and oxygen atoms in total. The number of ketones is 1. The standard InChI is InChI=1S/C24H29NO2/c1-24-13-20(14-2-5-16(25)6-3-14)23-18-9-7-17(26)12-15(18)4-8-19(23)21(24)10-11-22(24)27/h2-3,5-6,12,19-22,27H,4,7-11,13,25H2,1H3/t19?,20-,21?,22+,24+/m1/s1. The highest BCUT2D eigenvalue weighted by atomic mass is 16.3. The fraction of sp³-hybridized carbons (Fsp3) is 0.542. The average Bonchev–Trinajstić information content (AvgIpc) is 2.96. The minimum absolute atomic E-state index is 0.00746. The highest BCUT2D eigenvalue weighted by Crippen LogP contribution is 2.63. The maximum absolute atomic E-state index is 12.0. The van der Waals surface area contributed by atoms with Crippen molar-refractivity contribution < 1.29 is 9.90 Å². The minimum Gasteiger partial charge on any atom is -0.399 e. The third-order valence-corrected chi connectivity index (χ3v) is 8.02. The van der Waals surface area contributed by atoms with Crippen molar-refractivity contribution in [3.05, 3.63) is 52.6 Å². The fourth-order valence-corrected chi connectivity index (χ4v) is 6.66. The van der Waals surface area contributed by atoms with Crippen LogP contribution in [0.3, 0.4) is 0 Å². The Kier molecular flexibility index (Phi) is 3.87. The smallest absolute Gasteiger partial charge is 0.156 e. The highest BCUT2D eigenvalue weighted by molar-refractivity contribution is 5.93. The summed E-state index contributed by atoms with van der Waals surface area (Å²) < 4.78 is 0. The Bertz CT molecular complexity index is 850. The Morgan fingerprint density at radius 2 is 1.85 bits per heavy atom. The number of fused-ring (bicyclic) bond motifs is 4. The minimum atomic E-state index is -0.199. The topological polar surface area (TPSA) is 63.3 Å². The second-order valence-electron chi connectivity index (χ2n) is 9.34. The van der Waals surface area contributed by atoms with E-state index in [2.05, 4.69) is 19.1 Å². The van der Waals surface area contributed by atoms with Crippen LogP contribution >= 0.6 is 0 Å². The third-order valence-electron chi connectivity index (χ3n) is 8.02. The van der Waals surface area contributed by atoms with Crippen LogP contribution in [0.5, 0.6) is 0 Å². The second-order valence-corrected chi connectivity index (χ2v) is 9.34. The number of anilines is 1. The van der Waals surface area contributed by atoms with E-state index < -0.39 is 0 Å². The van der Waals surface area contributed by atoms with Crippen molar-refractivity contribution in [3.63, 3.8) is 0 Å². The first-order valence-corrected chi connectivity index (χ1v) is 10.5. The average molecular weight is 364 g/mol. The van der Waals surface area contributed by atoms with E-state index in [0.29, 0.717) is 24.2 Å². The van der Waals surface area contributed by atoms with Crippen molar-refractivity contribution >= 4 is 11.5 Å². The van der Waals surface area contributed by atoms with Gasteiger partial charge in [0.1, 0.15) is 0 Å². The predicted molar refractivity (Wildman–Crippen MR) is 107 cm³/mol. The summed E-state index contributed by atoms with van der Waals surface area (Å²) in [5, 5.41) is 10.9. The van der Waals surface area contributed by atoms with E-state index in [4.69, 9.17) is 5.73 Å². The van der Waals surface area contributed by atoms with E-state index in [1.54, 1.807) is 5.57 Å². The van der Waals surface area contributed by atoms with Crippen LogP contribution in [-0.2, 0) is 4.79 Å². The SMILES string of the molecule is C[C@]12C[C@H](c3ccc(N)cc3)C3=C4CCC(=O)C=C4CCC3C1CC[C@@H]2O. The molecular formula is C24H29NO2. The quantitative estimate of drug-likeness (QED) is 0.721. The van der Waals surface area contributed by atoms with E-state index in [9.17, 15) is 9.90 Å². The van der Waals surface area contributed by atoms with Gasteiger partial charge in [0, 0.05) is 18.0 Å². The first-order chi connectivity index (χ1) is 13.0. The van der Waals surface area contributed by atoms with Crippen LogP contribution in [0, 0.1) is 17.3 Å². The van der Waals surface area contributed by atoms with Gasteiger partial charge in [0.05, 0.1) is 6.10 Å². The molecular weight excluding hydrogens is 334 g/mol. The van der Waals surface area contributed by atoms with Crippen LogP contribution in [-0.4, -0.2) is 17.0 Å². The van der Waals surface area contributed by atoms with Gasteiger partial charge in [0.25, 0.3) is 0 Å². The zero-order chi connectivity index (χ0) is 18.8. The lowest BCUT2D eigenvalue weighted by molar-refractivity contribution is -0.114. The van der Waals surface area contributed by atoms with Crippen LogP contribution in [0.15, 0.2) is 47.1 Å². The first-order valence-electron chi connectivity index (χ1n) is 10.5. The van der Waals surface area contributed by atoms with E-state index in [1.165, 1.54) is 16.7 Å². The van der Waals surface area contributed by atoms with Gasteiger partial charge in [-0.15, -0.1) is 0 Å². The van der Waals surface area contributed by atoms with Crippen molar-refractivity contribution in [1.29, 1.82) is 0 Å². The van der Waals surface area contributed by atoms with Crippen molar-refractivity contribution in [2.75, 3.05) is 5.73 Å². The number of nitrogens with two attached hydrogens (primary N) is 1. The summed E-state index contributed by atoms with van der Waals surface area (Å²) in [5.74, 6) is 1.73. The summed E-state index contributed by atoms with van der Waals surface area (Å²) >= 11 is 0. The van der Waals surface area contributed by atoms with Gasteiger partial charge in [0.15, 0.2) is 5.78 Å². The molecule has 2 saturated carbocycles. The normalized spacial score (nSPS) is 38.1. The summed E-state index contributed by atoms with van der Waals surface area (Å²) in [5.41, 5.74) is 12.4. The number of hydrogen-bond acceptors (Lipinski definition) is 3.